The lowest BCUT2D eigenvalue weighted by Crippen LogP contribution is -2.14. The van der Waals surface area contributed by atoms with Crippen molar-refractivity contribution < 1.29 is 9.53 Å². The predicted molar refractivity (Wildman–Crippen MR) is 111 cm³/mol. The summed E-state index contributed by atoms with van der Waals surface area (Å²) in [7, 11) is 0. The number of rotatable bonds is 6. The highest BCUT2D eigenvalue weighted by Gasteiger charge is 2.11. The Labute approximate surface area is 164 Å². The van der Waals surface area contributed by atoms with Crippen LogP contribution in [0.2, 0.25) is 5.02 Å². The van der Waals surface area contributed by atoms with Crippen LogP contribution in [0, 0.1) is 6.92 Å². The van der Waals surface area contributed by atoms with Gasteiger partial charge in [0, 0.05) is 21.8 Å². The number of aryl methyl sites for hydroxylation is 2. The second kappa shape index (κ2) is 8.74. The molecule has 0 aromatic heterocycles. The lowest BCUT2D eigenvalue weighted by molar-refractivity contribution is 0.102. The normalized spacial score (nSPS) is 10.5. The molecule has 1 N–H and O–H groups in total. The zero-order valence-corrected chi connectivity index (χ0v) is 16.2. The zero-order chi connectivity index (χ0) is 19.2. The van der Waals surface area contributed by atoms with Crippen LogP contribution >= 0.6 is 11.6 Å². The summed E-state index contributed by atoms with van der Waals surface area (Å²) in [5.74, 6) is 0.477. The monoisotopic (exact) mass is 379 g/mol. The van der Waals surface area contributed by atoms with Crippen LogP contribution in [0.4, 0.5) is 5.69 Å². The van der Waals surface area contributed by atoms with Gasteiger partial charge in [0.25, 0.3) is 5.91 Å². The molecule has 0 fully saturated rings. The highest BCUT2D eigenvalue weighted by molar-refractivity contribution is 6.31. The predicted octanol–water partition coefficient (Wildman–Crippen LogP) is 6.04. The van der Waals surface area contributed by atoms with Crippen molar-refractivity contribution in [2.24, 2.45) is 0 Å². The molecule has 3 aromatic rings. The molecule has 3 aromatic carbocycles. The number of benzene rings is 3. The summed E-state index contributed by atoms with van der Waals surface area (Å²) in [5, 5.41) is 3.71. The highest BCUT2D eigenvalue weighted by atomic mass is 35.5. The number of halogens is 1. The third kappa shape index (κ3) is 4.69. The molecule has 0 unspecified atom stereocenters. The van der Waals surface area contributed by atoms with E-state index in [0.29, 0.717) is 22.9 Å². The smallest absolute Gasteiger partial charge is 0.255 e. The summed E-state index contributed by atoms with van der Waals surface area (Å²) in [6.07, 6.45) is 0.859. The van der Waals surface area contributed by atoms with E-state index in [1.54, 1.807) is 12.1 Å². The number of nitrogens with one attached hydrogen (secondary N) is 1. The first-order valence-corrected chi connectivity index (χ1v) is 9.32. The summed E-state index contributed by atoms with van der Waals surface area (Å²) < 4.78 is 5.82. The van der Waals surface area contributed by atoms with Crippen molar-refractivity contribution in [2.75, 3.05) is 5.32 Å². The minimum absolute atomic E-state index is 0.151. The fourth-order valence-electron chi connectivity index (χ4n) is 2.89. The molecule has 0 saturated heterocycles. The van der Waals surface area contributed by atoms with Gasteiger partial charge in [-0.15, -0.1) is 0 Å². The van der Waals surface area contributed by atoms with Crippen molar-refractivity contribution in [1.29, 1.82) is 0 Å². The second-order valence-electron chi connectivity index (χ2n) is 6.32. The van der Waals surface area contributed by atoms with Crippen molar-refractivity contribution >= 4 is 23.2 Å². The molecule has 0 aliphatic rings. The Bertz CT molecular complexity index is 953. The fourth-order valence-corrected chi connectivity index (χ4v) is 3.08. The Morgan fingerprint density at radius 1 is 1.00 bits per heavy atom. The van der Waals surface area contributed by atoms with Gasteiger partial charge in [0.2, 0.25) is 0 Å². The van der Waals surface area contributed by atoms with Gasteiger partial charge in [0.15, 0.2) is 0 Å². The summed E-state index contributed by atoms with van der Waals surface area (Å²) in [6, 6.07) is 20.8. The van der Waals surface area contributed by atoms with E-state index in [1.807, 2.05) is 61.5 Å². The molecule has 0 bridgehead atoms. The molecule has 0 aliphatic heterocycles. The van der Waals surface area contributed by atoms with E-state index in [1.165, 1.54) is 0 Å². The Hall–Kier alpha value is -2.78. The van der Waals surface area contributed by atoms with Gasteiger partial charge in [-0.05, 0) is 48.7 Å². The van der Waals surface area contributed by atoms with Crippen molar-refractivity contribution in [3.8, 4) is 5.75 Å². The van der Waals surface area contributed by atoms with Gasteiger partial charge >= 0.3 is 0 Å². The number of hydrogen-bond acceptors (Lipinski definition) is 2. The average Bonchev–Trinajstić information content (AvgIpc) is 2.69. The first-order chi connectivity index (χ1) is 13.1. The lowest BCUT2D eigenvalue weighted by atomic mass is 10.1. The van der Waals surface area contributed by atoms with E-state index in [4.69, 9.17) is 16.3 Å². The maximum Gasteiger partial charge on any atom is 0.255 e. The fraction of sp³-hybridized carbons (Fsp3) is 0.174. The first-order valence-electron chi connectivity index (χ1n) is 8.94. The Balaban J connectivity index is 1.73. The van der Waals surface area contributed by atoms with Crippen LogP contribution in [0.15, 0.2) is 66.7 Å². The Kier molecular flexibility index (Phi) is 6.15. The van der Waals surface area contributed by atoms with Crippen LogP contribution in [-0.2, 0) is 13.0 Å². The first kappa shape index (κ1) is 19.0. The zero-order valence-electron chi connectivity index (χ0n) is 15.5. The van der Waals surface area contributed by atoms with E-state index < -0.39 is 0 Å². The van der Waals surface area contributed by atoms with Crippen molar-refractivity contribution in [3.63, 3.8) is 0 Å². The average molecular weight is 380 g/mol. The quantitative estimate of drug-likeness (QED) is 0.566. The number of para-hydroxylation sites is 1. The third-order valence-electron chi connectivity index (χ3n) is 4.43. The van der Waals surface area contributed by atoms with E-state index in [2.05, 4.69) is 12.2 Å². The van der Waals surface area contributed by atoms with E-state index in [0.717, 1.165) is 28.8 Å². The standard InChI is InChI=1S/C23H22ClNO2/c1-3-17-10-6-8-16(2)22(17)25-23(26)18-11-7-12-20(14-18)27-15-19-9-4-5-13-21(19)24/h4-14H,3,15H2,1-2H3,(H,25,26). The molecule has 3 nitrogen and oxygen atoms in total. The molecule has 4 heteroatoms. The summed E-state index contributed by atoms with van der Waals surface area (Å²) >= 11 is 6.16. The maximum atomic E-state index is 12.7. The topological polar surface area (TPSA) is 38.3 Å². The molecule has 3 rings (SSSR count). The van der Waals surface area contributed by atoms with Crippen molar-refractivity contribution in [3.05, 3.63) is 94.0 Å². The summed E-state index contributed by atoms with van der Waals surface area (Å²) in [6.45, 7) is 4.42. The van der Waals surface area contributed by atoms with Crippen LogP contribution in [0.25, 0.3) is 0 Å². The molecule has 0 saturated carbocycles. The molecule has 0 spiro atoms. The van der Waals surface area contributed by atoms with E-state index >= 15 is 0 Å². The number of hydrogen-bond donors (Lipinski definition) is 1. The van der Waals surface area contributed by atoms with E-state index in [-0.39, 0.29) is 5.91 Å². The maximum absolute atomic E-state index is 12.7. The Morgan fingerprint density at radius 3 is 2.52 bits per heavy atom. The number of ether oxygens (including phenoxy) is 1. The van der Waals surface area contributed by atoms with Crippen LogP contribution in [0.1, 0.15) is 34.0 Å². The molecule has 0 radical (unpaired) electrons. The van der Waals surface area contributed by atoms with Gasteiger partial charge in [-0.25, -0.2) is 0 Å². The minimum Gasteiger partial charge on any atom is -0.489 e. The van der Waals surface area contributed by atoms with Gasteiger partial charge < -0.3 is 10.1 Å². The molecule has 138 valence electrons. The van der Waals surface area contributed by atoms with Crippen molar-refractivity contribution in [2.45, 2.75) is 26.9 Å². The van der Waals surface area contributed by atoms with E-state index in [9.17, 15) is 4.79 Å². The lowest BCUT2D eigenvalue weighted by Gasteiger charge is -2.14. The van der Waals surface area contributed by atoms with Gasteiger partial charge in [0.05, 0.1) is 0 Å². The van der Waals surface area contributed by atoms with Gasteiger partial charge in [0.1, 0.15) is 12.4 Å². The number of carbonyl (C=O) groups is 1. The minimum atomic E-state index is -0.151. The summed E-state index contributed by atoms with van der Waals surface area (Å²) in [5.41, 5.74) is 4.51. The van der Waals surface area contributed by atoms with Crippen molar-refractivity contribution in [1.82, 2.24) is 0 Å². The van der Waals surface area contributed by atoms with Crippen LogP contribution in [-0.4, -0.2) is 5.91 Å². The molecular weight excluding hydrogens is 358 g/mol. The number of amides is 1. The van der Waals surface area contributed by atoms with Gasteiger partial charge in [-0.2, -0.15) is 0 Å². The summed E-state index contributed by atoms with van der Waals surface area (Å²) in [4.78, 5) is 12.7. The largest absolute Gasteiger partial charge is 0.489 e. The number of carbonyl (C=O) groups excluding carboxylic acids is 1. The van der Waals surface area contributed by atoms with Gasteiger partial charge in [-0.1, -0.05) is 61.0 Å². The molecule has 0 atom stereocenters. The third-order valence-corrected chi connectivity index (χ3v) is 4.80. The van der Waals surface area contributed by atoms with Crippen LogP contribution in [0.5, 0.6) is 5.75 Å². The molecular formula is C23H22ClNO2. The van der Waals surface area contributed by atoms with Gasteiger partial charge in [-0.3, -0.25) is 4.79 Å². The SMILES string of the molecule is CCc1cccc(C)c1NC(=O)c1cccc(OCc2ccccc2Cl)c1. The second-order valence-corrected chi connectivity index (χ2v) is 6.73. The van der Waals surface area contributed by atoms with Crippen LogP contribution < -0.4 is 10.1 Å². The van der Waals surface area contributed by atoms with Crippen LogP contribution in [0.3, 0.4) is 0 Å². The number of anilines is 1. The molecule has 1 amide bonds. The molecule has 27 heavy (non-hydrogen) atoms. The highest BCUT2D eigenvalue weighted by Crippen LogP contribution is 2.23. The molecule has 0 aliphatic carbocycles. The Morgan fingerprint density at radius 2 is 1.74 bits per heavy atom. The molecule has 0 heterocycles.